The number of nitrogens with one attached hydrogen (secondary N) is 1. The summed E-state index contributed by atoms with van der Waals surface area (Å²) in [5, 5.41) is 2.68. The first-order valence-corrected chi connectivity index (χ1v) is 14.7. The van der Waals surface area contributed by atoms with Crippen LogP contribution in [0.5, 0.6) is 5.75 Å². The zero-order valence-corrected chi connectivity index (χ0v) is 22.2. The number of ether oxygens (including phenoxy) is 1. The Morgan fingerprint density at radius 1 is 1.00 bits per heavy atom. The summed E-state index contributed by atoms with van der Waals surface area (Å²) in [4.78, 5) is 12.7. The molecule has 0 spiro atoms. The average molecular weight is 524 g/mol. The Bertz CT molecular complexity index is 1250. The number of amides is 1. The van der Waals surface area contributed by atoms with Gasteiger partial charge in [0, 0.05) is 13.1 Å². The second-order valence-electron chi connectivity index (χ2n) is 8.80. The normalized spacial score (nSPS) is 14.6. The zero-order valence-electron chi connectivity index (χ0n) is 20.6. The smallest absolute Gasteiger partial charge is 0.243 e. The molecule has 1 aliphatic rings. The SMILES string of the molecule is Cc1cc(C)c(N(CC(=O)NCCOc2ccc(S(=O)(=O)N3CCCC3)cc2)S(C)(=O)=O)c(C)c1. The van der Waals surface area contributed by atoms with Crippen molar-refractivity contribution in [1.82, 2.24) is 9.62 Å². The largest absolute Gasteiger partial charge is 0.492 e. The van der Waals surface area contributed by atoms with Gasteiger partial charge in [-0.25, -0.2) is 16.8 Å². The number of hydrogen-bond donors (Lipinski definition) is 1. The number of rotatable bonds is 10. The highest BCUT2D eigenvalue weighted by Crippen LogP contribution is 2.28. The topological polar surface area (TPSA) is 113 Å². The number of sulfonamides is 2. The summed E-state index contributed by atoms with van der Waals surface area (Å²) >= 11 is 0. The molecule has 1 amide bonds. The first-order valence-electron chi connectivity index (χ1n) is 11.4. The van der Waals surface area contributed by atoms with Crippen molar-refractivity contribution in [3.63, 3.8) is 0 Å². The van der Waals surface area contributed by atoms with Crippen LogP contribution in [0, 0.1) is 20.8 Å². The Labute approximate surface area is 208 Å². The minimum atomic E-state index is -3.68. The number of hydrogen-bond acceptors (Lipinski definition) is 6. The molecule has 0 saturated carbocycles. The van der Waals surface area contributed by atoms with Crippen LogP contribution in [-0.2, 0) is 24.8 Å². The summed E-state index contributed by atoms with van der Waals surface area (Å²) in [7, 11) is -7.16. The van der Waals surface area contributed by atoms with Gasteiger partial charge >= 0.3 is 0 Å². The van der Waals surface area contributed by atoms with Crippen LogP contribution in [0.25, 0.3) is 0 Å². The molecule has 9 nitrogen and oxygen atoms in total. The van der Waals surface area contributed by atoms with E-state index in [1.165, 1.54) is 16.4 Å². The third-order valence-electron chi connectivity index (χ3n) is 5.79. The lowest BCUT2D eigenvalue weighted by Gasteiger charge is -2.26. The third-order valence-corrected chi connectivity index (χ3v) is 8.82. The molecule has 192 valence electrons. The molecular weight excluding hydrogens is 490 g/mol. The summed E-state index contributed by atoms with van der Waals surface area (Å²) in [5.41, 5.74) is 3.08. The summed E-state index contributed by atoms with van der Waals surface area (Å²) in [6.45, 7) is 6.62. The fourth-order valence-electron chi connectivity index (χ4n) is 4.26. The Hall–Kier alpha value is -2.63. The van der Waals surface area contributed by atoms with Gasteiger partial charge in [0.1, 0.15) is 18.9 Å². The van der Waals surface area contributed by atoms with Crippen LogP contribution in [-0.4, -0.2) is 66.1 Å². The highest BCUT2D eigenvalue weighted by atomic mass is 32.2. The molecule has 2 aromatic carbocycles. The molecule has 0 radical (unpaired) electrons. The molecule has 1 N–H and O–H groups in total. The van der Waals surface area contributed by atoms with Crippen molar-refractivity contribution < 1.29 is 26.4 Å². The molecule has 0 aliphatic carbocycles. The van der Waals surface area contributed by atoms with Gasteiger partial charge in [-0.15, -0.1) is 0 Å². The first-order chi connectivity index (χ1) is 16.4. The molecule has 35 heavy (non-hydrogen) atoms. The van der Waals surface area contributed by atoms with Crippen molar-refractivity contribution in [3.8, 4) is 5.75 Å². The van der Waals surface area contributed by atoms with Crippen LogP contribution in [0.4, 0.5) is 5.69 Å². The van der Waals surface area contributed by atoms with Crippen molar-refractivity contribution >= 4 is 31.6 Å². The maximum absolute atomic E-state index is 12.6. The van der Waals surface area contributed by atoms with Crippen LogP contribution in [0.2, 0.25) is 0 Å². The highest BCUT2D eigenvalue weighted by molar-refractivity contribution is 7.92. The molecule has 0 aromatic heterocycles. The van der Waals surface area contributed by atoms with Crippen molar-refractivity contribution in [1.29, 1.82) is 0 Å². The minimum absolute atomic E-state index is 0.144. The molecule has 0 bridgehead atoms. The van der Waals surface area contributed by atoms with Gasteiger partial charge in [-0.3, -0.25) is 9.10 Å². The monoisotopic (exact) mass is 523 g/mol. The number of nitrogens with zero attached hydrogens (tertiary/aromatic N) is 2. The van der Waals surface area contributed by atoms with Crippen molar-refractivity contribution in [3.05, 3.63) is 53.1 Å². The molecule has 1 saturated heterocycles. The molecule has 11 heteroatoms. The van der Waals surface area contributed by atoms with Gasteiger partial charge in [-0.1, -0.05) is 17.7 Å². The maximum Gasteiger partial charge on any atom is 0.243 e. The van der Waals surface area contributed by atoms with E-state index in [1.807, 2.05) is 32.9 Å². The zero-order chi connectivity index (χ0) is 25.8. The van der Waals surface area contributed by atoms with Gasteiger partial charge in [0.15, 0.2) is 0 Å². The fraction of sp³-hybridized carbons (Fsp3) is 0.458. The number of aryl methyl sites for hydroxylation is 3. The van der Waals surface area contributed by atoms with Crippen LogP contribution in [0.1, 0.15) is 29.5 Å². The Morgan fingerprint density at radius 3 is 2.11 bits per heavy atom. The summed E-state index contributed by atoms with van der Waals surface area (Å²) < 4.78 is 58.2. The maximum atomic E-state index is 12.6. The van der Waals surface area contributed by atoms with Gasteiger partial charge in [0.25, 0.3) is 0 Å². The molecule has 0 unspecified atom stereocenters. The van der Waals surface area contributed by atoms with E-state index < -0.39 is 26.0 Å². The van der Waals surface area contributed by atoms with Crippen molar-refractivity contribution in [2.24, 2.45) is 0 Å². The van der Waals surface area contributed by atoms with Crippen LogP contribution < -0.4 is 14.4 Å². The van der Waals surface area contributed by atoms with Crippen molar-refractivity contribution in [2.75, 3.05) is 43.3 Å². The lowest BCUT2D eigenvalue weighted by atomic mass is 10.1. The Morgan fingerprint density at radius 2 is 1.57 bits per heavy atom. The van der Waals surface area contributed by atoms with E-state index in [4.69, 9.17) is 4.74 Å². The number of anilines is 1. The van der Waals surface area contributed by atoms with Gasteiger partial charge in [0.05, 0.1) is 23.4 Å². The number of carbonyl (C=O) groups is 1. The van der Waals surface area contributed by atoms with Gasteiger partial charge in [0.2, 0.25) is 26.0 Å². The molecule has 0 atom stereocenters. The summed E-state index contributed by atoms with van der Waals surface area (Å²) in [6.07, 6.45) is 2.83. The predicted molar refractivity (Wildman–Crippen MR) is 136 cm³/mol. The van der Waals surface area contributed by atoms with Crippen LogP contribution in [0.3, 0.4) is 0 Å². The number of benzene rings is 2. The van der Waals surface area contributed by atoms with E-state index in [-0.39, 0.29) is 24.6 Å². The molecular formula is C24H33N3O6S2. The van der Waals surface area contributed by atoms with Crippen molar-refractivity contribution in [2.45, 2.75) is 38.5 Å². The van der Waals surface area contributed by atoms with Crippen LogP contribution in [0.15, 0.2) is 41.3 Å². The van der Waals surface area contributed by atoms with E-state index >= 15 is 0 Å². The van der Waals surface area contributed by atoms with E-state index in [1.54, 1.807) is 12.1 Å². The Kier molecular flexibility index (Phi) is 8.45. The summed E-state index contributed by atoms with van der Waals surface area (Å²) in [5.74, 6) is 0.0220. The second kappa shape index (κ2) is 11.0. The lowest BCUT2D eigenvalue weighted by Crippen LogP contribution is -2.42. The molecule has 1 fully saturated rings. The minimum Gasteiger partial charge on any atom is -0.492 e. The number of carbonyl (C=O) groups excluding carboxylic acids is 1. The summed E-state index contributed by atoms with van der Waals surface area (Å²) in [6, 6.07) is 9.95. The fourth-order valence-corrected chi connectivity index (χ4v) is 6.75. The van der Waals surface area contributed by atoms with E-state index in [0.717, 1.165) is 40.1 Å². The average Bonchev–Trinajstić information content (AvgIpc) is 3.31. The van der Waals surface area contributed by atoms with Gasteiger partial charge in [-0.05, 0) is 69.0 Å². The van der Waals surface area contributed by atoms with Gasteiger partial charge < -0.3 is 10.1 Å². The molecule has 2 aromatic rings. The van der Waals surface area contributed by atoms with E-state index in [0.29, 0.717) is 24.5 Å². The van der Waals surface area contributed by atoms with E-state index in [9.17, 15) is 21.6 Å². The highest BCUT2D eigenvalue weighted by Gasteiger charge is 2.27. The lowest BCUT2D eigenvalue weighted by molar-refractivity contribution is -0.119. The predicted octanol–water partition coefficient (Wildman–Crippen LogP) is 2.36. The van der Waals surface area contributed by atoms with Crippen LogP contribution >= 0.6 is 0 Å². The molecule has 1 aliphatic heterocycles. The Balaban J connectivity index is 1.54. The van der Waals surface area contributed by atoms with Gasteiger partial charge in [-0.2, -0.15) is 4.31 Å². The molecule has 1 heterocycles. The first kappa shape index (κ1) is 27.0. The third kappa shape index (κ3) is 6.74. The molecule has 3 rings (SSSR count). The second-order valence-corrected chi connectivity index (χ2v) is 12.6. The quantitative estimate of drug-likeness (QED) is 0.479. The standard InChI is InChI=1S/C24H33N3O6S2/c1-18-15-19(2)24(20(3)16-18)27(34(4,29)30)17-23(28)25-11-14-33-21-7-9-22(10-8-21)35(31,32)26-12-5-6-13-26/h7-10,15-16H,5-6,11-14,17H2,1-4H3,(H,25,28). The van der Waals surface area contributed by atoms with E-state index in [2.05, 4.69) is 5.32 Å².